The van der Waals surface area contributed by atoms with E-state index in [4.69, 9.17) is 4.42 Å². The predicted molar refractivity (Wildman–Crippen MR) is 61.0 cm³/mol. The molecule has 1 aromatic heterocycles. The summed E-state index contributed by atoms with van der Waals surface area (Å²) >= 11 is 3.38. The van der Waals surface area contributed by atoms with Crippen LogP contribution in [0.4, 0.5) is 0 Å². The topological polar surface area (TPSA) is 30.2 Å². The van der Waals surface area contributed by atoms with E-state index in [9.17, 15) is 4.79 Å². The van der Waals surface area contributed by atoms with Gasteiger partial charge in [-0.15, -0.1) is 0 Å². The van der Waals surface area contributed by atoms with Crippen LogP contribution in [0.15, 0.2) is 45.7 Å². The van der Waals surface area contributed by atoms with Gasteiger partial charge in [0, 0.05) is 10.0 Å². The van der Waals surface area contributed by atoms with Crippen molar-refractivity contribution in [1.29, 1.82) is 0 Å². The van der Waals surface area contributed by atoms with Gasteiger partial charge in [0.1, 0.15) is 6.26 Å². The molecule has 0 amide bonds. The number of rotatable bonds is 2. The van der Waals surface area contributed by atoms with Crippen LogP contribution in [0.1, 0.15) is 21.5 Å². The third kappa shape index (κ3) is 2.02. The Morgan fingerprint density at radius 1 is 1.33 bits per heavy atom. The summed E-state index contributed by atoms with van der Waals surface area (Å²) in [6, 6.07) is 7.31. The Bertz CT molecular complexity index is 486. The van der Waals surface area contributed by atoms with Crippen molar-refractivity contribution in [2.75, 3.05) is 0 Å². The van der Waals surface area contributed by atoms with E-state index in [1.54, 1.807) is 6.07 Å². The molecular formula is C12H9BrO2. The first-order valence-electron chi connectivity index (χ1n) is 4.51. The molecule has 1 heterocycles. The van der Waals surface area contributed by atoms with Crippen LogP contribution in [0.3, 0.4) is 0 Å². The number of benzene rings is 1. The Hall–Kier alpha value is -1.35. The van der Waals surface area contributed by atoms with Gasteiger partial charge in [-0.3, -0.25) is 4.79 Å². The zero-order chi connectivity index (χ0) is 10.8. The Labute approximate surface area is 96.0 Å². The van der Waals surface area contributed by atoms with Crippen LogP contribution in [0.25, 0.3) is 0 Å². The highest BCUT2D eigenvalue weighted by atomic mass is 79.9. The van der Waals surface area contributed by atoms with Crippen molar-refractivity contribution in [1.82, 2.24) is 0 Å². The molecule has 0 aliphatic rings. The second-order valence-electron chi connectivity index (χ2n) is 3.32. The number of furan rings is 1. The van der Waals surface area contributed by atoms with Crippen molar-refractivity contribution in [3.8, 4) is 0 Å². The van der Waals surface area contributed by atoms with Crippen molar-refractivity contribution in [3.63, 3.8) is 0 Å². The molecule has 2 rings (SSSR count). The standard InChI is InChI=1S/C12H9BrO2/c1-8-2-3-10(11(13)6-8)12(14)9-4-5-15-7-9/h2-7H,1H3. The molecule has 2 aromatic rings. The first-order valence-corrected chi connectivity index (χ1v) is 5.31. The number of carbonyl (C=O) groups is 1. The molecule has 0 aliphatic heterocycles. The molecule has 0 atom stereocenters. The van der Waals surface area contributed by atoms with E-state index in [0.717, 1.165) is 10.0 Å². The van der Waals surface area contributed by atoms with Crippen LogP contribution in [-0.4, -0.2) is 5.78 Å². The third-order valence-electron chi connectivity index (χ3n) is 2.15. The monoisotopic (exact) mass is 264 g/mol. The molecule has 0 N–H and O–H groups in total. The van der Waals surface area contributed by atoms with Gasteiger partial charge in [0.25, 0.3) is 0 Å². The highest BCUT2D eigenvalue weighted by Crippen LogP contribution is 2.21. The molecule has 0 saturated carbocycles. The smallest absolute Gasteiger partial charge is 0.197 e. The van der Waals surface area contributed by atoms with E-state index in [0.29, 0.717) is 11.1 Å². The lowest BCUT2D eigenvalue weighted by molar-refractivity contribution is 0.103. The molecule has 1 aromatic carbocycles. The Kier molecular flexibility index (Phi) is 2.73. The average molecular weight is 265 g/mol. The SMILES string of the molecule is Cc1ccc(C(=O)c2ccoc2)c(Br)c1. The summed E-state index contributed by atoms with van der Waals surface area (Å²) in [6.45, 7) is 1.98. The molecular weight excluding hydrogens is 256 g/mol. The van der Waals surface area contributed by atoms with Crippen molar-refractivity contribution in [3.05, 3.63) is 58.0 Å². The van der Waals surface area contributed by atoms with Gasteiger partial charge in [-0.2, -0.15) is 0 Å². The minimum atomic E-state index is -0.0318. The second-order valence-corrected chi connectivity index (χ2v) is 4.18. The minimum Gasteiger partial charge on any atom is -0.472 e. The quantitative estimate of drug-likeness (QED) is 0.777. The highest BCUT2D eigenvalue weighted by Gasteiger charge is 2.13. The van der Waals surface area contributed by atoms with Gasteiger partial charge in [0.05, 0.1) is 11.8 Å². The number of hydrogen-bond acceptors (Lipinski definition) is 2. The van der Waals surface area contributed by atoms with E-state index in [2.05, 4.69) is 15.9 Å². The average Bonchev–Trinajstić information content (AvgIpc) is 2.69. The van der Waals surface area contributed by atoms with Crippen LogP contribution in [-0.2, 0) is 0 Å². The van der Waals surface area contributed by atoms with Gasteiger partial charge >= 0.3 is 0 Å². The van der Waals surface area contributed by atoms with Crippen LogP contribution in [0, 0.1) is 6.92 Å². The van der Waals surface area contributed by atoms with Crippen LogP contribution in [0.5, 0.6) is 0 Å². The van der Waals surface area contributed by atoms with E-state index >= 15 is 0 Å². The number of carbonyl (C=O) groups excluding carboxylic acids is 1. The maximum absolute atomic E-state index is 11.9. The summed E-state index contributed by atoms with van der Waals surface area (Å²) in [5, 5.41) is 0. The molecule has 76 valence electrons. The molecule has 2 nitrogen and oxygen atoms in total. The van der Waals surface area contributed by atoms with Gasteiger partial charge in [-0.05, 0) is 30.7 Å². The zero-order valence-electron chi connectivity index (χ0n) is 8.16. The van der Waals surface area contributed by atoms with E-state index in [1.165, 1.54) is 12.5 Å². The Morgan fingerprint density at radius 3 is 2.73 bits per heavy atom. The Morgan fingerprint density at radius 2 is 2.13 bits per heavy atom. The lowest BCUT2D eigenvalue weighted by atomic mass is 10.0. The summed E-state index contributed by atoms with van der Waals surface area (Å²) in [5.41, 5.74) is 2.34. The van der Waals surface area contributed by atoms with Crippen molar-refractivity contribution in [2.45, 2.75) is 6.92 Å². The van der Waals surface area contributed by atoms with Gasteiger partial charge in [-0.1, -0.05) is 22.0 Å². The minimum absolute atomic E-state index is 0.0318. The molecule has 0 radical (unpaired) electrons. The molecule has 0 saturated heterocycles. The molecule has 0 bridgehead atoms. The summed E-state index contributed by atoms with van der Waals surface area (Å²) in [4.78, 5) is 11.9. The van der Waals surface area contributed by atoms with Crippen LogP contribution in [0.2, 0.25) is 0 Å². The number of halogens is 1. The van der Waals surface area contributed by atoms with Crippen molar-refractivity contribution >= 4 is 21.7 Å². The van der Waals surface area contributed by atoms with E-state index < -0.39 is 0 Å². The van der Waals surface area contributed by atoms with Gasteiger partial charge in [0.15, 0.2) is 5.78 Å². The summed E-state index contributed by atoms with van der Waals surface area (Å²) in [5.74, 6) is -0.0318. The molecule has 0 unspecified atom stereocenters. The highest BCUT2D eigenvalue weighted by molar-refractivity contribution is 9.10. The predicted octanol–water partition coefficient (Wildman–Crippen LogP) is 3.58. The van der Waals surface area contributed by atoms with Crippen molar-refractivity contribution < 1.29 is 9.21 Å². The number of ketones is 1. The fourth-order valence-electron chi connectivity index (χ4n) is 1.35. The summed E-state index contributed by atoms with van der Waals surface area (Å²) in [6.07, 6.45) is 2.95. The second kappa shape index (κ2) is 4.03. The van der Waals surface area contributed by atoms with Crippen LogP contribution < -0.4 is 0 Å². The number of hydrogen-bond donors (Lipinski definition) is 0. The van der Waals surface area contributed by atoms with E-state index in [1.807, 2.05) is 25.1 Å². The maximum atomic E-state index is 11.9. The molecule has 0 spiro atoms. The first kappa shape index (κ1) is 10.2. The molecule has 0 aliphatic carbocycles. The van der Waals surface area contributed by atoms with Gasteiger partial charge in [-0.25, -0.2) is 0 Å². The molecule has 15 heavy (non-hydrogen) atoms. The molecule has 0 fully saturated rings. The van der Waals surface area contributed by atoms with Crippen molar-refractivity contribution in [2.24, 2.45) is 0 Å². The lowest BCUT2D eigenvalue weighted by Crippen LogP contribution is -2.00. The fourth-order valence-corrected chi connectivity index (χ4v) is 2.03. The Balaban J connectivity index is 2.42. The van der Waals surface area contributed by atoms with Gasteiger partial charge in [0.2, 0.25) is 0 Å². The van der Waals surface area contributed by atoms with Crippen LogP contribution >= 0.6 is 15.9 Å². The zero-order valence-corrected chi connectivity index (χ0v) is 9.74. The maximum Gasteiger partial charge on any atom is 0.197 e. The molecule has 3 heteroatoms. The lowest BCUT2D eigenvalue weighted by Gasteiger charge is -2.02. The van der Waals surface area contributed by atoms with E-state index in [-0.39, 0.29) is 5.78 Å². The van der Waals surface area contributed by atoms with Gasteiger partial charge < -0.3 is 4.42 Å². The normalized spacial score (nSPS) is 10.3. The first-order chi connectivity index (χ1) is 7.18. The third-order valence-corrected chi connectivity index (χ3v) is 2.81. The summed E-state index contributed by atoms with van der Waals surface area (Å²) < 4.78 is 5.70. The number of aryl methyl sites for hydroxylation is 1. The summed E-state index contributed by atoms with van der Waals surface area (Å²) in [7, 11) is 0. The fraction of sp³-hybridized carbons (Fsp3) is 0.0833. The largest absolute Gasteiger partial charge is 0.472 e.